The smallest absolute Gasteiger partial charge is 0.254 e. The van der Waals surface area contributed by atoms with Crippen LogP contribution < -0.4 is 30.3 Å². The summed E-state index contributed by atoms with van der Waals surface area (Å²) in [5, 5.41) is 37.0. The average molecular weight is 1040 g/mol. The summed E-state index contributed by atoms with van der Waals surface area (Å²) in [6.07, 6.45) is 6.23. The summed E-state index contributed by atoms with van der Waals surface area (Å²) in [5.74, 6) is 0.852. The number of thiazole rings is 1. The van der Waals surface area contributed by atoms with Gasteiger partial charge in [0.2, 0.25) is 17.7 Å². The maximum Gasteiger partial charge on any atom is 0.254 e. The van der Waals surface area contributed by atoms with Crippen LogP contribution in [-0.4, -0.2) is 133 Å². The number of nitrogens with zero attached hydrogens (tertiary/aromatic N) is 9. The number of phenolic OH excluding ortho intramolecular Hbond substituents is 1. The number of aliphatic hydroxyl groups is 1. The molecule has 5 N–H and O–H groups in total. The minimum atomic E-state index is -0.827. The van der Waals surface area contributed by atoms with Crippen LogP contribution in [0.15, 0.2) is 89.0 Å². The van der Waals surface area contributed by atoms with Crippen molar-refractivity contribution in [1.29, 1.82) is 0 Å². The molecule has 10 rings (SSSR count). The van der Waals surface area contributed by atoms with Crippen molar-refractivity contribution >= 4 is 40.3 Å². The molecule has 4 aromatic heterocycles. The Balaban J connectivity index is 0.666. The van der Waals surface area contributed by atoms with Gasteiger partial charge < -0.3 is 50.0 Å². The Kier molecular flexibility index (Phi) is 15.5. The number of hydrogen-bond acceptors (Lipinski definition) is 17. The van der Waals surface area contributed by atoms with Crippen LogP contribution in [0.1, 0.15) is 95.2 Å². The van der Waals surface area contributed by atoms with E-state index in [1.807, 2.05) is 81.9 Å². The first-order valence-electron chi connectivity index (χ1n) is 26.4. The molecule has 8 heterocycles. The number of aromatic hydroxyl groups is 1. The molecule has 18 nitrogen and oxygen atoms in total. The number of aliphatic hydroxyl groups excluding tert-OH is 1. The lowest BCUT2D eigenvalue weighted by Crippen LogP contribution is -2.54. The third-order valence-electron chi connectivity index (χ3n) is 15.7. The third kappa shape index (κ3) is 11.4. The topological polar surface area (TPSA) is 222 Å². The van der Waals surface area contributed by atoms with Gasteiger partial charge in [0, 0.05) is 80.3 Å². The number of carbonyl (C=O) groups is 2. The number of nitrogen functional groups attached to an aromatic ring is 1. The van der Waals surface area contributed by atoms with E-state index in [4.69, 9.17) is 19.7 Å². The van der Waals surface area contributed by atoms with Crippen molar-refractivity contribution in [2.24, 2.45) is 11.8 Å². The molecule has 2 aromatic carbocycles. The molecule has 6 aromatic rings. The Hall–Kier alpha value is -6.83. The summed E-state index contributed by atoms with van der Waals surface area (Å²) in [7, 11) is 0. The highest BCUT2D eigenvalue weighted by Gasteiger charge is 2.44. The maximum atomic E-state index is 14.3. The summed E-state index contributed by atoms with van der Waals surface area (Å²) >= 11 is 1.59. The van der Waals surface area contributed by atoms with Gasteiger partial charge in [0.15, 0.2) is 11.6 Å². The second-order valence-electron chi connectivity index (χ2n) is 21.1. The summed E-state index contributed by atoms with van der Waals surface area (Å²) < 4.78 is 18.2. The molecule has 2 amide bonds. The SMILES string of the molecule is Cc1ncsc1-c1ccc([C@H](C)NC(=O)[C@@H]2C[C@@H](O)CN2C(=O)[C@@H](c2cc(OCCC3CCN(CCOc4cc(N5C6CCC5CN(c5cc(-c7ccccc7O)nnc5N)C6)ccn4)[C@H](C)C3)no2)C(C)C)cc1. The third-order valence-corrected chi connectivity index (χ3v) is 16.7. The number of para-hydroxylation sites is 1. The number of piperazine rings is 1. The summed E-state index contributed by atoms with van der Waals surface area (Å²) in [5.41, 5.74) is 14.4. The molecule has 4 aliphatic heterocycles. The number of pyridine rings is 1. The Morgan fingerprint density at radius 2 is 1.69 bits per heavy atom. The second-order valence-corrected chi connectivity index (χ2v) is 22.0. The normalized spacial score (nSPS) is 22.6. The van der Waals surface area contributed by atoms with Gasteiger partial charge in [-0.05, 0) is 112 Å². The van der Waals surface area contributed by atoms with Gasteiger partial charge in [0.25, 0.3) is 5.88 Å². The number of ether oxygens (including phenoxy) is 2. The molecule has 4 aliphatic rings. The number of hydrogen-bond donors (Lipinski definition) is 4. The van der Waals surface area contributed by atoms with Gasteiger partial charge in [0.05, 0.1) is 46.2 Å². The van der Waals surface area contributed by atoms with E-state index >= 15 is 0 Å². The molecule has 2 bridgehead atoms. The van der Waals surface area contributed by atoms with Gasteiger partial charge >= 0.3 is 0 Å². The number of β-amino-alcohol motifs (C(OH)–C–C–N with tert-alkyl or cyclic N) is 1. The number of nitrogens with one attached hydrogen (secondary N) is 1. The fourth-order valence-corrected chi connectivity index (χ4v) is 12.5. The van der Waals surface area contributed by atoms with Crippen molar-refractivity contribution in [2.45, 2.75) is 115 Å². The van der Waals surface area contributed by atoms with Crippen LogP contribution in [0.4, 0.5) is 17.2 Å². The average Bonchev–Trinajstić information content (AvgIpc) is 4.21. The van der Waals surface area contributed by atoms with E-state index in [9.17, 15) is 19.8 Å². The van der Waals surface area contributed by atoms with Gasteiger partial charge in [-0.2, -0.15) is 0 Å². The lowest BCUT2D eigenvalue weighted by atomic mass is 9.89. The van der Waals surface area contributed by atoms with Crippen LogP contribution in [0, 0.1) is 18.8 Å². The molecule has 396 valence electrons. The monoisotopic (exact) mass is 1040 g/mol. The summed E-state index contributed by atoms with van der Waals surface area (Å²) in [4.78, 5) is 46.9. The first kappa shape index (κ1) is 51.6. The van der Waals surface area contributed by atoms with Crippen LogP contribution in [0.3, 0.4) is 0 Å². The van der Waals surface area contributed by atoms with Crippen molar-refractivity contribution in [2.75, 3.05) is 61.5 Å². The number of rotatable bonds is 18. The van der Waals surface area contributed by atoms with Gasteiger partial charge in [-0.3, -0.25) is 14.5 Å². The van der Waals surface area contributed by atoms with E-state index in [-0.39, 0.29) is 54.6 Å². The number of aryl methyl sites for hydroxylation is 1. The number of amides is 2. The van der Waals surface area contributed by atoms with Crippen LogP contribution in [-0.2, 0) is 9.59 Å². The van der Waals surface area contributed by atoms with Gasteiger partial charge in [0.1, 0.15) is 24.3 Å². The standard InChI is InChI=1S/C56H69N11O7S/c1-33(2)52(56(71)66-31-43(68)26-47(66)55(70)60-35(4)38-10-12-39(13-11-38)53-36(5)59-32-75-53)49-28-51(63-74-49)72-22-18-37-17-20-64(34(3)24-37)21-23-73-50-25-40(16-19-58-50)67-41-14-15-42(67)30-65(29-41)46-27-45(61-62-54(46)57)44-8-6-7-9-48(44)69/h6-13,16,19,25,27-28,32-35,37,41-43,47,52,68-69H,14-15,17-18,20-24,26,29-31H2,1-5H3,(H2,57,62)(H,60,70)/t34-,35+,37?,41?,42?,43-,47+,52-/m1/s1. The molecule has 19 heteroatoms. The highest BCUT2D eigenvalue weighted by atomic mass is 32.1. The van der Waals surface area contributed by atoms with Crippen LogP contribution in [0.5, 0.6) is 17.5 Å². The molecule has 0 saturated carbocycles. The minimum Gasteiger partial charge on any atom is -0.507 e. The van der Waals surface area contributed by atoms with E-state index in [2.05, 4.69) is 64.4 Å². The minimum absolute atomic E-state index is 0.0558. The fourth-order valence-electron chi connectivity index (χ4n) is 11.7. The number of nitrogens with two attached hydrogens (primary N) is 1. The molecule has 8 atom stereocenters. The lowest BCUT2D eigenvalue weighted by molar-refractivity contribution is -0.141. The Morgan fingerprint density at radius 3 is 2.43 bits per heavy atom. The highest BCUT2D eigenvalue weighted by Crippen LogP contribution is 2.40. The lowest BCUT2D eigenvalue weighted by Gasteiger charge is -2.43. The van der Waals surface area contributed by atoms with E-state index < -0.39 is 18.1 Å². The molecule has 0 aliphatic carbocycles. The van der Waals surface area contributed by atoms with Crippen molar-refractivity contribution in [3.05, 3.63) is 102 Å². The number of aromatic nitrogens is 5. The van der Waals surface area contributed by atoms with E-state index in [1.54, 1.807) is 29.5 Å². The number of carbonyl (C=O) groups excluding carboxylic acids is 2. The summed E-state index contributed by atoms with van der Waals surface area (Å²) in [6, 6.07) is 22.8. The second kappa shape index (κ2) is 22.6. The first-order valence-corrected chi connectivity index (χ1v) is 27.3. The van der Waals surface area contributed by atoms with Gasteiger partial charge in [-0.1, -0.05) is 50.2 Å². The number of phenols is 1. The molecule has 4 saturated heterocycles. The Labute approximate surface area is 442 Å². The predicted octanol–water partition coefficient (Wildman–Crippen LogP) is 7.63. The molecule has 75 heavy (non-hydrogen) atoms. The number of anilines is 3. The molecule has 0 spiro atoms. The largest absolute Gasteiger partial charge is 0.507 e. The van der Waals surface area contributed by atoms with E-state index in [0.717, 1.165) is 91.4 Å². The van der Waals surface area contributed by atoms with Crippen molar-refractivity contribution < 1.29 is 33.8 Å². The summed E-state index contributed by atoms with van der Waals surface area (Å²) in [6.45, 7) is 14.4. The van der Waals surface area contributed by atoms with Crippen LogP contribution >= 0.6 is 11.3 Å². The van der Waals surface area contributed by atoms with Gasteiger partial charge in [-0.25, -0.2) is 9.97 Å². The molecule has 3 unspecified atom stereocenters. The fraction of sp³-hybridized carbons (Fsp3) is 0.482. The number of likely N-dealkylation sites (tertiary alicyclic amines) is 2. The van der Waals surface area contributed by atoms with E-state index in [1.165, 1.54) is 4.90 Å². The zero-order chi connectivity index (χ0) is 52.3. The Morgan fingerprint density at radius 1 is 0.920 bits per heavy atom. The zero-order valence-corrected chi connectivity index (χ0v) is 44.2. The number of benzene rings is 2. The Bertz CT molecular complexity index is 2920. The highest BCUT2D eigenvalue weighted by molar-refractivity contribution is 7.13. The van der Waals surface area contributed by atoms with Crippen molar-refractivity contribution in [1.82, 2.24) is 40.4 Å². The van der Waals surface area contributed by atoms with Crippen LogP contribution in [0.2, 0.25) is 0 Å². The van der Waals surface area contributed by atoms with Gasteiger partial charge in [-0.15, -0.1) is 21.5 Å². The molecular formula is C56H69N11O7S. The first-order chi connectivity index (χ1) is 36.3. The number of fused-ring (bicyclic) bond motifs is 2. The molecular weight excluding hydrogens is 971 g/mol. The molecule has 4 fully saturated rings. The van der Waals surface area contributed by atoms with E-state index in [0.29, 0.717) is 59.8 Å². The predicted molar refractivity (Wildman–Crippen MR) is 288 cm³/mol. The van der Waals surface area contributed by atoms with Crippen molar-refractivity contribution in [3.63, 3.8) is 0 Å². The number of piperidine rings is 1. The van der Waals surface area contributed by atoms with Crippen LogP contribution in [0.25, 0.3) is 21.7 Å². The molecule has 0 radical (unpaired) electrons. The maximum absolute atomic E-state index is 14.3. The quantitative estimate of drug-likeness (QED) is 0.0650. The van der Waals surface area contributed by atoms with Crippen molar-refractivity contribution in [3.8, 4) is 39.2 Å². The zero-order valence-electron chi connectivity index (χ0n) is 43.4.